The van der Waals surface area contributed by atoms with Crippen LogP contribution in [0.15, 0.2) is 36.5 Å². The van der Waals surface area contributed by atoms with Crippen molar-refractivity contribution in [3.8, 4) is 0 Å². The third-order valence-corrected chi connectivity index (χ3v) is 5.36. The molecule has 11 heteroatoms. The SMILES string of the molecule is Cc1ccc(C(=O)NCCNC(=O)NC2CCN(c3ccc(C(F)(F)F)cn3)CC2)cc1F. The Morgan fingerprint density at radius 1 is 1.09 bits per heavy atom. The van der Waals surface area contributed by atoms with E-state index >= 15 is 0 Å². The van der Waals surface area contributed by atoms with Crippen LogP contribution in [0.2, 0.25) is 0 Å². The van der Waals surface area contributed by atoms with Gasteiger partial charge in [-0.05, 0) is 49.6 Å². The first kappa shape index (κ1) is 24.3. The quantitative estimate of drug-likeness (QED) is 0.450. The molecular formula is C22H25F4N5O2. The minimum Gasteiger partial charge on any atom is -0.356 e. The zero-order valence-electron chi connectivity index (χ0n) is 18.0. The van der Waals surface area contributed by atoms with Crippen LogP contribution in [0.3, 0.4) is 0 Å². The van der Waals surface area contributed by atoms with E-state index in [2.05, 4.69) is 20.9 Å². The number of aromatic nitrogens is 1. The van der Waals surface area contributed by atoms with Crippen molar-refractivity contribution in [1.82, 2.24) is 20.9 Å². The first-order valence-corrected chi connectivity index (χ1v) is 10.5. The molecular weight excluding hydrogens is 442 g/mol. The van der Waals surface area contributed by atoms with Crippen LogP contribution in [0.25, 0.3) is 0 Å². The van der Waals surface area contributed by atoms with Gasteiger partial charge in [-0.1, -0.05) is 6.07 Å². The number of hydrogen-bond donors (Lipinski definition) is 3. The van der Waals surface area contributed by atoms with Gasteiger partial charge in [0.2, 0.25) is 0 Å². The Morgan fingerprint density at radius 2 is 1.79 bits per heavy atom. The number of amides is 3. The van der Waals surface area contributed by atoms with Crippen LogP contribution in [-0.2, 0) is 6.18 Å². The Balaban J connectivity index is 1.34. The minimum absolute atomic E-state index is 0.0826. The van der Waals surface area contributed by atoms with Gasteiger partial charge in [0.15, 0.2) is 0 Å². The van der Waals surface area contributed by atoms with Gasteiger partial charge in [-0.25, -0.2) is 14.2 Å². The Labute approximate surface area is 188 Å². The lowest BCUT2D eigenvalue weighted by atomic mass is 10.1. The second-order valence-electron chi connectivity index (χ2n) is 7.78. The van der Waals surface area contributed by atoms with Gasteiger partial charge in [0.05, 0.1) is 5.56 Å². The van der Waals surface area contributed by atoms with E-state index in [1.807, 2.05) is 4.90 Å². The molecule has 33 heavy (non-hydrogen) atoms. The second kappa shape index (κ2) is 10.5. The summed E-state index contributed by atoms with van der Waals surface area (Å²) in [5.74, 6) is -0.421. The normalized spacial score (nSPS) is 14.6. The number of halogens is 4. The van der Waals surface area contributed by atoms with Crippen LogP contribution in [0, 0.1) is 12.7 Å². The molecule has 178 valence electrons. The Bertz CT molecular complexity index is 974. The van der Waals surface area contributed by atoms with Crippen molar-refractivity contribution in [3.63, 3.8) is 0 Å². The summed E-state index contributed by atoms with van der Waals surface area (Å²) in [5, 5.41) is 8.10. The number of alkyl halides is 3. The zero-order chi connectivity index (χ0) is 24.0. The molecule has 1 saturated heterocycles. The third kappa shape index (κ3) is 6.80. The maximum atomic E-state index is 13.5. The number of carbonyl (C=O) groups excluding carboxylic acids is 2. The summed E-state index contributed by atoms with van der Waals surface area (Å²) in [6, 6.07) is 6.11. The molecule has 0 atom stereocenters. The van der Waals surface area contributed by atoms with Crippen molar-refractivity contribution in [3.05, 3.63) is 59.0 Å². The van der Waals surface area contributed by atoms with Gasteiger partial charge in [-0.2, -0.15) is 13.2 Å². The molecule has 3 amide bonds. The molecule has 3 rings (SSSR count). The molecule has 2 heterocycles. The van der Waals surface area contributed by atoms with Crippen LogP contribution < -0.4 is 20.9 Å². The molecule has 0 spiro atoms. The van der Waals surface area contributed by atoms with Gasteiger partial charge in [0.1, 0.15) is 11.6 Å². The minimum atomic E-state index is -4.42. The van der Waals surface area contributed by atoms with E-state index in [0.29, 0.717) is 37.3 Å². The molecule has 2 aromatic rings. The van der Waals surface area contributed by atoms with Crippen molar-refractivity contribution < 1.29 is 27.2 Å². The van der Waals surface area contributed by atoms with E-state index in [4.69, 9.17) is 0 Å². The van der Waals surface area contributed by atoms with Gasteiger partial charge in [0.25, 0.3) is 5.91 Å². The monoisotopic (exact) mass is 467 g/mol. The number of urea groups is 1. The first-order chi connectivity index (χ1) is 15.6. The van der Waals surface area contributed by atoms with Crippen LogP contribution in [0.5, 0.6) is 0 Å². The fourth-order valence-electron chi connectivity index (χ4n) is 3.42. The predicted molar refractivity (Wildman–Crippen MR) is 114 cm³/mol. The van der Waals surface area contributed by atoms with Gasteiger partial charge in [-0.15, -0.1) is 0 Å². The average molecular weight is 467 g/mol. The van der Waals surface area contributed by atoms with E-state index in [1.54, 1.807) is 6.92 Å². The van der Waals surface area contributed by atoms with E-state index < -0.39 is 23.5 Å². The molecule has 0 radical (unpaired) electrons. The summed E-state index contributed by atoms with van der Waals surface area (Å²) < 4.78 is 51.5. The van der Waals surface area contributed by atoms with Crippen LogP contribution in [0.4, 0.5) is 28.2 Å². The number of pyridine rings is 1. The Hall–Kier alpha value is -3.37. The van der Waals surface area contributed by atoms with E-state index in [1.165, 1.54) is 18.2 Å². The van der Waals surface area contributed by atoms with Crippen LogP contribution >= 0.6 is 0 Å². The molecule has 1 fully saturated rings. The third-order valence-electron chi connectivity index (χ3n) is 5.36. The second-order valence-corrected chi connectivity index (χ2v) is 7.78. The number of nitrogens with zero attached hydrogens (tertiary/aromatic N) is 2. The van der Waals surface area contributed by atoms with Crippen molar-refractivity contribution in [2.75, 3.05) is 31.1 Å². The van der Waals surface area contributed by atoms with Gasteiger partial charge in [-0.3, -0.25) is 4.79 Å². The van der Waals surface area contributed by atoms with E-state index in [-0.39, 0.29) is 30.7 Å². The van der Waals surface area contributed by atoms with E-state index in [9.17, 15) is 27.2 Å². The fraction of sp³-hybridized carbons (Fsp3) is 0.409. The van der Waals surface area contributed by atoms with Gasteiger partial charge in [0, 0.05) is 44.0 Å². The molecule has 0 unspecified atom stereocenters. The summed E-state index contributed by atoms with van der Waals surface area (Å²) in [4.78, 5) is 29.9. The van der Waals surface area contributed by atoms with Crippen molar-refractivity contribution in [1.29, 1.82) is 0 Å². The highest BCUT2D eigenvalue weighted by Gasteiger charge is 2.31. The lowest BCUT2D eigenvalue weighted by Crippen LogP contribution is -2.49. The van der Waals surface area contributed by atoms with Gasteiger partial charge >= 0.3 is 12.2 Å². The Morgan fingerprint density at radius 3 is 2.39 bits per heavy atom. The summed E-state index contributed by atoms with van der Waals surface area (Å²) >= 11 is 0. The highest BCUT2D eigenvalue weighted by Crippen LogP contribution is 2.29. The lowest BCUT2D eigenvalue weighted by molar-refractivity contribution is -0.137. The van der Waals surface area contributed by atoms with Gasteiger partial charge < -0.3 is 20.9 Å². The topological polar surface area (TPSA) is 86.4 Å². The number of hydrogen-bond acceptors (Lipinski definition) is 4. The number of piperidine rings is 1. The molecule has 0 saturated carbocycles. The largest absolute Gasteiger partial charge is 0.417 e. The number of nitrogens with one attached hydrogen (secondary N) is 3. The van der Waals surface area contributed by atoms with E-state index in [0.717, 1.165) is 18.3 Å². The molecule has 1 aromatic carbocycles. The summed E-state index contributed by atoms with van der Waals surface area (Å²) in [6.45, 7) is 3.08. The van der Waals surface area contributed by atoms with Crippen LogP contribution in [-0.4, -0.2) is 49.1 Å². The fourth-order valence-corrected chi connectivity index (χ4v) is 3.42. The summed E-state index contributed by atoms with van der Waals surface area (Å²) in [6.07, 6.45) is -2.36. The van der Waals surface area contributed by atoms with Crippen molar-refractivity contribution >= 4 is 17.8 Å². The zero-order valence-corrected chi connectivity index (χ0v) is 18.0. The van der Waals surface area contributed by atoms with Crippen molar-refractivity contribution in [2.45, 2.75) is 32.0 Å². The van der Waals surface area contributed by atoms with Crippen molar-refractivity contribution in [2.24, 2.45) is 0 Å². The smallest absolute Gasteiger partial charge is 0.356 e. The number of rotatable bonds is 6. The summed E-state index contributed by atoms with van der Waals surface area (Å²) in [5.41, 5.74) is -0.134. The maximum Gasteiger partial charge on any atom is 0.417 e. The average Bonchev–Trinajstić information content (AvgIpc) is 2.78. The lowest BCUT2D eigenvalue weighted by Gasteiger charge is -2.33. The van der Waals surface area contributed by atoms with Crippen LogP contribution in [0.1, 0.15) is 34.3 Å². The molecule has 0 bridgehead atoms. The molecule has 1 aliphatic heterocycles. The number of aryl methyl sites for hydroxylation is 1. The highest BCUT2D eigenvalue weighted by molar-refractivity contribution is 5.94. The number of anilines is 1. The number of benzene rings is 1. The standard InChI is InChI=1S/C22H25F4N5O2/c1-14-2-3-15(12-18(14)23)20(32)27-8-9-28-21(33)30-17-6-10-31(11-7-17)19-5-4-16(13-29-19)22(24,25)26/h2-5,12-13,17H,6-11H2,1H3,(H,27,32)(H2,28,30,33). The molecule has 7 nitrogen and oxygen atoms in total. The molecule has 3 N–H and O–H groups in total. The summed E-state index contributed by atoms with van der Waals surface area (Å²) in [7, 11) is 0. The highest BCUT2D eigenvalue weighted by atomic mass is 19.4. The Kier molecular flexibility index (Phi) is 7.72. The maximum absolute atomic E-state index is 13.5. The predicted octanol–water partition coefficient (Wildman–Crippen LogP) is 3.25. The number of carbonyl (C=O) groups is 2. The molecule has 1 aliphatic rings. The first-order valence-electron chi connectivity index (χ1n) is 10.5. The molecule has 0 aliphatic carbocycles. The molecule has 1 aromatic heterocycles.